The van der Waals surface area contributed by atoms with Gasteiger partial charge in [0, 0.05) is 19.6 Å². The van der Waals surface area contributed by atoms with E-state index in [0.29, 0.717) is 6.04 Å². The summed E-state index contributed by atoms with van der Waals surface area (Å²) in [6.07, 6.45) is 1.07. The Morgan fingerprint density at radius 3 is 2.83 bits per heavy atom. The Morgan fingerprint density at radius 2 is 2.22 bits per heavy atom. The predicted octanol–water partition coefficient (Wildman–Crippen LogP) is 2.16. The molecule has 0 aliphatic rings. The van der Waals surface area contributed by atoms with Gasteiger partial charge in [0.2, 0.25) is 0 Å². The second-order valence-electron chi connectivity index (χ2n) is 4.23. The maximum Gasteiger partial charge on any atom is 0.191 e. The monoisotopic (exact) mass is 249 g/mol. The Morgan fingerprint density at radius 1 is 1.44 bits per heavy atom. The molecule has 0 amide bonds. The van der Waals surface area contributed by atoms with Gasteiger partial charge in [-0.1, -0.05) is 19.1 Å². The fraction of sp³-hybridized carbons (Fsp3) is 0.500. The summed E-state index contributed by atoms with van der Waals surface area (Å²) in [5.74, 6) is 1.70. The van der Waals surface area contributed by atoms with Crippen molar-refractivity contribution in [2.75, 3.05) is 14.2 Å². The molecule has 1 aromatic rings. The predicted molar refractivity (Wildman–Crippen MR) is 76.1 cm³/mol. The fourth-order valence-corrected chi connectivity index (χ4v) is 1.50. The Labute approximate surface area is 109 Å². The standard InChI is InChI=1S/C14H23N3O/c1-5-11(2)17-14(15-3)16-10-12-7-6-8-13(9-12)18-4/h6-9,11H,5,10H2,1-4H3,(H2,15,16,17). The van der Waals surface area contributed by atoms with Crippen LogP contribution in [0.1, 0.15) is 25.8 Å². The van der Waals surface area contributed by atoms with Gasteiger partial charge in [-0.2, -0.15) is 0 Å². The van der Waals surface area contributed by atoms with Gasteiger partial charge in [-0.05, 0) is 31.0 Å². The highest BCUT2D eigenvalue weighted by Crippen LogP contribution is 2.11. The molecule has 0 bridgehead atoms. The van der Waals surface area contributed by atoms with E-state index in [0.717, 1.165) is 24.7 Å². The number of ether oxygens (including phenoxy) is 1. The zero-order valence-electron chi connectivity index (χ0n) is 11.7. The Hall–Kier alpha value is -1.71. The minimum Gasteiger partial charge on any atom is -0.497 e. The minimum absolute atomic E-state index is 0.418. The smallest absolute Gasteiger partial charge is 0.191 e. The van der Waals surface area contributed by atoms with E-state index in [1.807, 2.05) is 18.2 Å². The molecule has 0 radical (unpaired) electrons. The van der Waals surface area contributed by atoms with Crippen molar-refractivity contribution in [2.45, 2.75) is 32.9 Å². The van der Waals surface area contributed by atoms with Crippen LogP contribution in [0.5, 0.6) is 5.75 Å². The molecule has 0 fully saturated rings. The number of guanidine groups is 1. The number of methoxy groups -OCH3 is 1. The summed E-state index contributed by atoms with van der Waals surface area (Å²) in [5.41, 5.74) is 1.17. The molecule has 1 aromatic carbocycles. The number of nitrogens with zero attached hydrogens (tertiary/aromatic N) is 1. The Bertz CT molecular complexity index is 390. The van der Waals surface area contributed by atoms with E-state index in [1.165, 1.54) is 5.56 Å². The van der Waals surface area contributed by atoms with Crippen molar-refractivity contribution < 1.29 is 4.74 Å². The molecule has 4 nitrogen and oxygen atoms in total. The molecule has 2 N–H and O–H groups in total. The quantitative estimate of drug-likeness (QED) is 0.621. The van der Waals surface area contributed by atoms with Gasteiger partial charge in [-0.25, -0.2) is 0 Å². The van der Waals surface area contributed by atoms with Gasteiger partial charge in [0.1, 0.15) is 5.75 Å². The van der Waals surface area contributed by atoms with E-state index in [9.17, 15) is 0 Å². The molecule has 0 spiro atoms. The van der Waals surface area contributed by atoms with Crippen LogP contribution in [-0.2, 0) is 6.54 Å². The van der Waals surface area contributed by atoms with Crippen molar-refractivity contribution in [1.82, 2.24) is 10.6 Å². The third-order valence-electron chi connectivity index (χ3n) is 2.81. The van der Waals surface area contributed by atoms with E-state index in [-0.39, 0.29) is 0 Å². The highest BCUT2D eigenvalue weighted by atomic mass is 16.5. The first-order valence-electron chi connectivity index (χ1n) is 6.29. The summed E-state index contributed by atoms with van der Waals surface area (Å²) < 4.78 is 5.20. The summed E-state index contributed by atoms with van der Waals surface area (Å²) in [7, 11) is 3.46. The van der Waals surface area contributed by atoms with Crippen molar-refractivity contribution in [3.8, 4) is 5.75 Å². The van der Waals surface area contributed by atoms with Crippen LogP contribution in [0, 0.1) is 0 Å². The summed E-state index contributed by atoms with van der Waals surface area (Å²) >= 11 is 0. The van der Waals surface area contributed by atoms with Gasteiger partial charge >= 0.3 is 0 Å². The normalized spacial score (nSPS) is 13.0. The van der Waals surface area contributed by atoms with Crippen molar-refractivity contribution in [3.63, 3.8) is 0 Å². The SMILES string of the molecule is CCC(C)NC(=NC)NCc1cccc(OC)c1. The highest BCUT2D eigenvalue weighted by molar-refractivity contribution is 5.79. The van der Waals surface area contributed by atoms with Gasteiger partial charge in [0.15, 0.2) is 5.96 Å². The summed E-state index contributed by atoms with van der Waals surface area (Å²) in [5, 5.41) is 6.61. The average molecular weight is 249 g/mol. The first-order chi connectivity index (χ1) is 8.69. The Balaban J connectivity index is 2.52. The minimum atomic E-state index is 0.418. The van der Waals surface area contributed by atoms with Crippen LogP contribution in [0.3, 0.4) is 0 Å². The number of hydrogen-bond donors (Lipinski definition) is 2. The third kappa shape index (κ3) is 4.65. The largest absolute Gasteiger partial charge is 0.497 e. The van der Waals surface area contributed by atoms with E-state index >= 15 is 0 Å². The molecule has 0 heterocycles. The van der Waals surface area contributed by atoms with Gasteiger partial charge < -0.3 is 15.4 Å². The molecule has 0 saturated carbocycles. The number of nitrogens with one attached hydrogen (secondary N) is 2. The average Bonchev–Trinajstić information content (AvgIpc) is 2.43. The fourth-order valence-electron chi connectivity index (χ4n) is 1.50. The zero-order chi connectivity index (χ0) is 13.4. The number of hydrogen-bond acceptors (Lipinski definition) is 2. The first kappa shape index (κ1) is 14.4. The van der Waals surface area contributed by atoms with Crippen molar-refractivity contribution >= 4 is 5.96 Å². The topological polar surface area (TPSA) is 45.7 Å². The number of rotatable bonds is 5. The lowest BCUT2D eigenvalue weighted by molar-refractivity contribution is 0.414. The zero-order valence-corrected chi connectivity index (χ0v) is 11.7. The van der Waals surface area contributed by atoms with Crippen molar-refractivity contribution in [3.05, 3.63) is 29.8 Å². The molecule has 1 unspecified atom stereocenters. The lowest BCUT2D eigenvalue weighted by atomic mass is 10.2. The molecule has 0 aliphatic carbocycles. The van der Waals surface area contributed by atoms with E-state index in [4.69, 9.17) is 4.74 Å². The maximum atomic E-state index is 5.20. The number of benzene rings is 1. The number of aliphatic imine (C=N–C) groups is 1. The highest BCUT2D eigenvalue weighted by Gasteiger charge is 2.02. The molecular weight excluding hydrogens is 226 g/mol. The third-order valence-corrected chi connectivity index (χ3v) is 2.81. The van der Waals surface area contributed by atoms with Crippen LogP contribution in [-0.4, -0.2) is 26.2 Å². The molecule has 1 atom stereocenters. The molecule has 0 aliphatic heterocycles. The molecule has 100 valence electrons. The second-order valence-corrected chi connectivity index (χ2v) is 4.23. The lowest BCUT2D eigenvalue weighted by Crippen LogP contribution is -2.41. The van der Waals surface area contributed by atoms with Gasteiger partial charge in [0.25, 0.3) is 0 Å². The van der Waals surface area contributed by atoms with Crippen LogP contribution in [0.2, 0.25) is 0 Å². The summed E-state index contributed by atoms with van der Waals surface area (Å²) in [6.45, 7) is 5.01. The maximum absolute atomic E-state index is 5.20. The molecule has 0 saturated heterocycles. The van der Waals surface area contributed by atoms with Gasteiger partial charge in [-0.15, -0.1) is 0 Å². The van der Waals surface area contributed by atoms with Crippen molar-refractivity contribution in [1.29, 1.82) is 0 Å². The van der Waals surface area contributed by atoms with E-state index in [2.05, 4.69) is 35.5 Å². The second kappa shape index (κ2) is 7.58. The van der Waals surface area contributed by atoms with Gasteiger partial charge in [0.05, 0.1) is 7.11 Å². The van der Waals surface area contributed by atoms with Crippen LogP contribution in [0.4, 0.5) is 0 Å². The van der Waals surface area contributed by atoms with E-state index in [1.54, 1.807) is 14.2 Å². The summed E-state index contributed by atoms with van der Waals surface area (Å²) in [6, 6.07) is 8.42. The van der Waals surface area contributed by atoms with Gasteiger partial charge in [-0.3, -0.25) is 4.99 Å². The van der Waals surface area contributed by atoms with Crippen LogP contribution in [0.15, 0.2) is 29.3 Å². The van der Waals surface area contributed by atoms with Crippen LogP contribution in [0.25, 0.3) is 0 Å². The van der Waals surface area contributed by atoms with Crippen molar-refractivity contribution in [2.24, 2.45) is 4.99 Å². The first-order valence-corrected chi connectivity index (χ1v) is 6.29. The molecule has 0 aromatic heterocycles. The molecular formula is C14H23N3O. The van der Waals surface area contributed by atoms with Crippen LogP contribution >= 0.6 is 0 Å². The molecule has 4 heteroatoms. The summed E-state index contributed by atoms with van der Waals surface area (Å²) in [4.78, 5) is 4.20. The molecule has 18 heavy (non-hydrogen) atoms. The van der Waals surface area contributed by atoms with E-state index < -0.39 is 0 Å². The Kier molecular flexibility index (Phi) is 6.05. The lowest BCUT2D eigenvalue weighted by Gasteiger charge is -2.16. The molecule has 1 rings (SSSR count). The van der Waals surface area contributed by atoms with Crippen LogP contribution < -0.4 is 15.4 Å².